The van der Waals surface area contributed by atoms with Gasteiger partial charge in [0.05, 0.1) is 28.6 Å². The number of nitriles is 1. The smallest absolute Gasteiger partial charge is 0.143 e. The molecule has 1 aromatic heterocycles. The highest BCUT2D eigenvalue weighted by molar-refractivity contribution is 6.31. The number of rotatable bonds is 4. The van der Waals surface area contributed by atoms with Crippen LogP contribution in [0.25, 0.3) is 0 Å². The Labute approximate surface area is 121 Å². The highest BCUT2D eigenvalue weighted by atomic mass is 35.5. The van der Waals surface area contributed by atoms with Crippen molar-refractivity contribution in [1.82, 2.24) is 9.78 Å². The van der Waals surface area contributed by atoms with Gasteiger partial charge in [-0.2, -0.15) is 10.4 Å². The molecule has 2 aromatic rings. The van der Waals surface area contributed by atoms with E-state index >= 15 is 0 Å². The SMILES string of the molecule is CCn1nc(C)c(Cl)c1CNc1cccc(F)c1C#N. The quantitative estimate of drug-likeness (QED) is 0.938. The largest absolute Gasteiger partial charge is 0.378 e. The fraction of sp³-hybridized carbons (Fsp3) is 0.286. The summed E-state index contributed by atoms with van der Waals surface area (Å²) in [7, 11) is 0. The first-order valence-corrected chi connectivity index (χ1v) is 6.60. The van der Waals surface area contributed by atoms with Gasteiger partial charge < -0.3 is 5.32 Å². The topological polar surface area (TPSA) is 53.6 Å². The molecule has 0 spiro atoms. The van der Waals surface area contributed by atoms with Crippen LogP contribution in [0.15, 0.2) is 18.2 Å². The molecule has 0 fully saturated rings. The average molecular weight is 293 g/mol. The second-order valence-corrected chi connectivity index (χ2v) is 4.67. The van der Waals surface area contributed by atoms with Gasteiger partial charge in [0, 0.05) is 6.54 Å². The highest BCUT2D eigenvalue weighted by Gasteiger charge is 2.13. The molecule has 4 nitrogen and oxygen atoms in total. The van der Waals surface area contributed by atoms with Crippen LogP contribution in [0.2, 0.25) is 5.02 Å². The molecule has 1 N–H and O–H groups in total. The van der Waals surface area contributed by atoms with Crippen LogP contribution < -0.4 is 5.32 Å². The Morgan fingerprint density at radius 1 is 1.50 bits per heavy atom. The van der Waals surface area contributed by atoms with E-state index in [-0.39, 0.29) is 5.56 Å². The van der Waals surface area contributed by atoms with Gasteiger partial charge in [0.2, 0.25) is 0 Å². The number of aromatic nitrogens is 2. The van der Waals surface area contributed by atoms with Crippen LogP contribution in [0, 0.1) is 24.1 Å². The summed E-state index contributed by atoms with van der Waals surface area (Å²) in [6.45, 7) is 4.88. The number of hydrogen-bond acceptors (Lipinski definition) is 3. The van der Waals surface area contributed by atoms with Crippen LogP contribution in [0.1, 0.15) is 23.9 Å². The maximum absolute atomic E-state index is 13.5. The number of hydrogen-bond donors (Lipinski definition) is 1. The van der Waals surface area contributed by atoms with Gasteiger partial charge in [-0.15, -0.1) is 0 Å². The van der Waals surface area contributed by atoms with Gasteiger partial charge in [-0.1, -0.05) is 17.7 Å². The molecular formula is C14H14ClFN4. The van der Waals surface area contributed by atoms with Crippen LogP contribution in [-0.4, -0.2) is 9.78 Å². The van der Waals surface area contributed by atoms with Gasteiger partial charge in [0.15, 0.2) is 0 Å². The van der Waals surface area contributed by atoms with E-state index in [1.54, 1.807) is 16.8 Å². The summed E-state index contributed by atoms with van der Waals surface area (Å²) in [6, 6.07) is 6.34. The van der Waals surface area contributed by atoms with Crippen molar-refractivity contribution in [3.63, 3.8) is 0 Å². The van der Waals surface area contributed by atoms with Crippen LogP contribution in [0.5, 0.6) is 0 Å². The average Bonchev–Trinajstić information content (AvgIpc) is 2.72. The van der Waals surface area contributed by atoms with E-state index in [1.165, 1.54) is 6.07 Å². The zero-order valence-electron chi connectivity index (χ0n) is 11.2. The van der Waals surface area contributed by atoms with Crippen molar-refractivity contribution in [2.45, 2.75) is 26.9 Å². The fourth-order valence-corrected chi connectivity index (χ4v) is 2.20. The number of halogens is 2. The molecule has 0 aliphatic carbocycles. The molecule has 6 heteroatoms. The van der Waals surface area contributed by atoms with Gasteiger partial charge in [-0.3, -0.25) is 4.68 Å². The van der Waals surface area contributed by atoms with Gasteiger partial charge in [-0.25, -0.2) is 4.39 Å². The molecule has 104 valence electrons. The van der Waals surface area contributed by atoms with Crippen molar-refractivity contribution in [1.29, 1.82) is 5.26 Å². The third-order valence-corrected chi connectivity index (χ3v) is 3.52. The second kappa shape index (κ2) is 5.93. The van der Waals surface area contributed by atoms with E-state index in [2.05, 4.69) is 10.4 Å². The van der Waals surface area contributed by atoms with Crippen LogP contribution in [-0.2, 0) is 13.1 Å². The lowest BCUT2D eigenvalue weighted by atomic mass is 10.2. The van der Waals surface area contributed by atoms with E-state index in [0.29, 0.717) is 23.8 Å². The molecular weight excluding hydrogens is 279 g/mol. The summed E-state index contributed by atoms with van der Waals surface area (Å²) < 4.78 is 15.3. The normalized spacial score (nSPS) is 10.3. The molecule has 0 aliphatic heterocycles. The molecule has 0 radical (unpaired) electrons. The zero-order valence-corrected chi connectivity index (χ0v) is 12.0. The summed E-state index contributed by atoms with van der Waals surface area (Å²) in [5.74, 6) is -0.538. The van der Waals surface area contributed by atoms with E-state index < -0.39 is 5.82 Å². The maximum atomic E-state index is 13.5. The van der Waals surface area contributed by atoms with Crippen molar-refractivity contribution >= 4 is 17.3 Å². The van der Waals surface area contributed by atoms with Crippen LogP contribution in [0.3, 0.4) is 0 Å². The molecule has 1 aromatic carbocycles. The summed E-state index contributed by atoms with van der Waals surface area (Å²) in [5.41, 5.74) is 2.03. The van der Waals surface area contributed by atoms with E-state index in [4.69, 9.17) is 16.9 Å². The monoisotopic (exact) mass is 292 g/mol. The first kappa shape index (κ1) is 14.4. The molecule has 20 heavy (non-hydrogen) atoms. The summed E-state index contributed by atoms with van der Waals surface area (Å²) in [4.78, 5) is 0. The number of nitrogens with one attached hydrogen (secondary N) is 1. The molecule has 0 saturated carbocycles. The minimum atomic E-state index is -0.538. The van der Waals surface area contributed by atoms with Crippen molar-refractivity contribution < 1.29 is 4.39 Å². The van der Waals surface area contributed by atoms with Crippen molar-refractivity contribution in [3.8, 4) is 6.07 Å². The molecule has 0 saturated heterocycles. The van der Waals surface area contributed by atoms with Crippen molar-refractivity contribution in [3.05, 3.63) is 46.0 Å². The Bertz CT molecular complexity index is 673. The molecule has 0 atom stereocenters. The summed E-state index contributed by atoms with van der Waals surface area (Å²) in [6.07, 6.45) is 0. The lowest BCUT2D eigenvalue weighted by Crippen LogP contribution is -2.09. The predicted octanol–water partition coefficient (Wildman–Crippen LogP) is 3.49. The zero-order chi connectivity index (χ0) is 14.7. The summed E-state index contributed by atoms with van der Waals surface area (Å²) >= 11 is 6.20. The molecule has 0 aliphatic rings. The highest BCUT2D eigenvalue weighted by Crippen LogP contribution is 2.23. The Morgan fingerprint density at radius 2 is 2.25 bits per heavy atom. The maximum Gasteiger partial charge on any atom is 0.143 e. The Hall–Kier alpha value is -2.06. The lowest BCUT2D eigenvalue weighted by Gasteiger charge is -2.10. The molecule has 0 unspecified atom stereocenters. The van der Waals surface area contributed by atoms with Crippen molar-refractivity contribution in [2.24, 2.45) is 0 Å². The first-order valence-electron chi connectivity index (χ1n) is 6.22. The standard InChI is InChI=1S/C14H14ClFN4/c1-3-20-13(14(15)9(2)19-20)8-18-12-6-4-5-11(16)10(12)7-17/h4-6,18H,3,8H2,1-2H3. The van der Waals surface area contributed by atoms with E-state index in [0.717, 1.165) is 11.4 Å². The van der Waals surface area contributed by atoms with E-state index in [1.807, 2.05) is 19.9 Å². The number of benzene rings is 1. The van der Waals surface area contributed by atoms with Gasteiger partial charge >= 0.3 is 0 Å². The van der Waals surface area contributed by atoms with Crippen molar-refractivity contribution in [2.75, 3.05) is 5.32 Å². The number of nitrogens with zero attached hydrogens (tertiary/aromatic N) is 3. The fourth-order valence-electron chi connectivity index (χ4n) is 2.00. The lowest BCUT2D eigenvalue weighted by molar-refractivity contribution is 0.620. The molecule has 0 bridgehead atoms. The third-order valence-electron chi connectivity index (χ3n) is 3.02. The molecule has 0 amide bonds. The third kappa shape index (κ3) is 2.61. The van der Waals surface area contributed by atoms with Gasteiger partial charge in [-0.05, 0) is 26.0 Å². The van der Waals surface area contributed by atoms with Gasteiger partial charge in [0.1, 0.15) is 17.4 Å². The van der Waals surface area contributed by atoms with Crippen LogP contribution in [0.4, 0.5) is 10.1 Å². The molecule has 2 rings (SSSR count). The van der Waals surface area contributed by atoms with Crippen LogP contribution >= 0.6 is 11.6 Å². The Balaban J connectivity index is 2.26. The Morgan fingerprint density at radius 3 is 2.90 bits per heavy atom. The molecule has 1 heterocycles. The summed E-state index contributed by atoms with van der Waals surface area (Å²) in [5, 5.41) is 16.9. The number of anilines is 1. The first-order chi connectivity index (χ1) is 9.58. The minimum absolute atomic E-state index is 0.00269. The minimum Gasteiger partial charge on any atom is -0.378 e. The van der Waals surface area contributed by atoms with Gasteiger partial charge in [0.25, 0.3) is 0 Å². The number of aryl methyl sites for hydroxylation is 2. The second-order valence-electron chi connectivity index (χ2n) is 4.29. The van der Waals surface area contributed by atoms with E-state index in [9.17, 15) is 4.39 Å². The predicted molar refractivity (Wildman–Crippen MR) is 76.1 cm³/mol. The Kier molecular flexibility index (Phi) is 4.26.